The number of thiol groups is 1. The van der Waals surface area contributed by atoms with Crippen LogP contribution in [0.25, 0.3) is 0 Å². The molecule has 0 heterocycles. The lowest BCUT2D eigenvalue weighted by molar-refractivity contribution is -0.164. The van der Waals surface area contributed by atoms with Crippen molar-refractivity contribution in [3.8, 4) is 11.8 Å². The number of nitrogens with zero attached hydrogens (tertiary/aromatic N) is 1. The number of hydrogen-bond donors (Lipinski definition) is 2. The minimum Gasteiger partial charge on any atom is -0.489 e. The Morgan fingerprint density at radius 3 is 2.06 bits per heavy atom. The zero-order valence-electron chi connectivity index (χ0n) is 19.4. The fourth-order valence-corrected chi connectivity index (χ4v) is 5.40. The highest BCUT2D eigenvalue weighted by molar-refractivity contribution is 7.80. The van der Waals surface area contributed by atoms with Gasteiger partial charge in [0.25, 0.3) is 5.91 Å². The van der Waals surface area contributed by atoms with Crippen LogP contribution in [0.15, 0.2) is 36.4 Å². The van der Waals surface area contributed by atoms with Crippen molar-refractivity contribution >= 4 is 18.5 Å². The van der Waals surface area contributed by atoms with Gasteiger partial charge in [-0.1, -0.05) is 39.8 Å². The number of carbonyl (C=O) groups is 1. The van der Waals surface area contributed by atoms with E-state index in [-0.39, 0.29) is 34.1 Å². The molecule has 0 saturated heterocycles. The second-order valence-electron chi connectivity index (χ2n) is 9.89. The molecule has 2 aromatic carbocycles. The Kier molecular flexibility index (Phi) is 6.17. The van der Waals surface area contributed by atoms with Gasteiger partial charge in [-0.2, -0.15) is 17.9 Å². The molecule has 164 valence electrons. The zero-order valence-corrected chi connectivity index (χ0v) is 20.3. The second kappa shape index (κ2) is 8.24. The summed E-state index contributed by atoms with van der Waals surface area (Å²) in [6.07, 6.45) is -0.0792. The third-order valence-corrected chi connectivity index (χ3v) is 6.94. The fourth-order valence-electron chi connectivity index (χ4n) is 5.23. The molecule has 1 amide bonds. The predicted octanol–water partition coefficient (Wildman–Crippen LogP) is 5.78. The van der Waals surface area contributed by atoms with Gasteiger partial charge < -0.3 is 10.1 Å². The van der Waals surface area contributed by atoms with Crippen LogP contribution in [0, 0.1) is 36.0 Å². The van der Waals surface area contributed by atoms with Crippen molar-refractivity contribution in [1.29, 1.82) is 5.26 Å². The van der Waals surface area contributed by atoms with E-state index in [4.69, 9.17) is 4.74 Å². The molecule has 4 nitrogen and oxygen atoms in total. The van der Waals surface area contributed by atoms with Gasteiger partial charge in [0.2, 0.25) is 0 Å². The molecule has 1 aliphatic carbocycles. The van der Waals surface area contributed by atoms with E-state index in [0.29, 0.717) is 11.1 Å². The second-order valence-corrected chi connectivity index (χ2v) is 10.7. The summed E-state index contributed by atoms with van der Waals surface area (Å²) in [5.74, 6) is 0.689. The lowest BCUT2D eigenvalue weighted by atomic mass is 9.49. The van der Waals surface area contributed by atoms with Crippen LogP contribution in [-0.2, 0) is 0 Å². The Morgan fingerprint density at radius 2 is 1.61 bits per heavy atom. The molecule has 1 atom stereocenters. The monoisotopic (exact) mass is 436 g/mol. The summed E-state index contributed by atoms with van der Waals surface area (Å²) in [5.41, 5.74) is 3.75. The molecule has 1 saturated carbocycles. The minimum atomic E-state index is -0.256. The highest BCUT2D eigenvalue weighted by Gasteiger charge is 2.64. The zero-order chi connectivity index (χ0) is 23.1. The maximum atomic E-state index is 12.9. The lowest BCUT2D eigenvalue weighted by Crippen LogP contribution is -2.74. The van der Waals surface area contributed by atoms with E-state index in [1.807, 2.05) is 57.2 Å². The van der Waals surface area contributed by atoms with E-state index < -0.39 is 0 Å². The van der Waals surface area contributed by atoms with Crippen LogP contribution in [0.2, 0.25) is 0 Å². The number of hydrogen-bond acceptors (Lipinski definition) is 4. The van der Waals surface area contributed by atoms with Crippen LogP contribution in [0.3, 0.4) is 0 Å². The number of ether oxygens (including phenoxy) is 1. The molecule has 31 heavy (non-hydrogen) atoms. The summed E-state index contributed by atoms with van der Waals surface area (Å²) < 4.78 is 6.43. The number of carbonyl (C=O) groups excluding carboxylic acids is 1. The number of nitrogens with one attached hydrogen (secondary N) is 1. The van der Waals surface area contributed by atoms with Gasteiger partial charge in [0, 0.05) is 27.7 Å². The Morgan fingerprint density at radius 1 is 1.10 bits per heavy atom. The molecule has 1 N–H and O–H groups in total. The highest BCUT2D eigenvalue weighted by atomic mass is 32.1. The molecule has 0 radical (unpaired) electrons. The van der Waals surface area contributed by atoms with Crippen LogP contribution in [0.5, 0.6) is 5.75 Å². The van der Waals surface area contributed by atoms with Crippen LogP contribution in [0.1, 0.15) is 72.5 Å². The molecule has 5 heteroatoms. The fraction of sp³-hybridized carbons (Fsp3) is 0.462. The summed E-state index contributed by atoms with van der Waals surface area (Å²) in [4.78, 5) is 12.9. The van der Waals surface area contributed by atoms with Gasteiger partial charge in [-0.15, -0.1) is 0 Å². The van der Waals surface area contributed by atoms with Crippen molar-refractivity contribution < 1.29 is 9.53 Å². The Balaban J connectivity index is 1.77. The summed E-state index contributed by atoms with van der Waals surface area (Å²) >= 11 is 4.44. The standard InChI is InChI=1S/C26H32N2O2S/c1-15-12-20(13-16(2)21(15)14-27)30-24-25(4,5)23(26(24,6)7)28-22(29)19-10-8-18(9-11-19)17(3)31/h8-13,17,23-24,31H,1-7H3,(H,28,29)/t17?,23-,24-. The number of benzene rings is 2. The van der Waals surface area contributed by atoms with Crippen molar-refractivity contribution in [2.45, 2.75) is 65.9 Å². The molecular formula is C26H32N2O2S. The van der Waals surface area contributed by atoms with Gasteiger partial charge in [-0.25, -0.2) is 0 Å². The molecule has 1 unspecified atom stereocenters. The highest BCUT2D eigenvalue weighted by Crippen LogP contribution is 2.55. The van der Waals surface area contributed by atoms with Crippen molar-refractivity contribution in [1.82, 2.24) is 5.32 Å². The van der Waals surface area contributed by atoms with Crippen molar-refractivity contribution in [2.24, 2.45) is 10.8 Å². The van der Waals surface area contributed by atoms with E-state index in [1.165, 1.54) is 0 Å². The number of nitriles is 1. The molecule has 0 bridgehead atoms. The van der Waals surface area contributed by atoms with E-state index in [0.717, 1.165) is 22.4 Å². The first-order chi connectivity index (χ1) is 14.4. The Labute approximate surface area is 191 Å². The van der Waals surface area contributed by atoms with E-state index in [9.17, 15) is 10.1 Å². The first kappa shape index (κ1) is 23.2. The first-order valence-electron chi connectivity index (χ1n) is 10.7. The van der Waals surface area contributed by atoms with Gasteiger partial charge in [-0.3, -0.25) is 4.79 Å². The maximum Gasteiger partial charge on any atom is 0.251 e. The van der Waals surface area contributed by atoms with Gasteiger partial charge in [0.15, 0.2) is 0 Å². The third kappa shape index (κ3) is 4.19. The third-order valence-electron chi connectivity index (χ3n) is 6.64. The molecule has 3 rings (SSSR count). The van der Waals surface area contributed by atoms with E-state index in [1.54, 1.807) is 0 Å². The SMILES string of the molecule is Cc1cc(O[C@H]2C(C)(C)[C@H](NC(=O)c3ccc(C(C)S)cc3)C2(C)C)cc(C)c1C#N. The molecule has 0 spiro atoms. The minimum absolute atomic E-state index is 0.0402. The quantitative estimate of drug-likeness (QED) is 0.584. The summed E-state index contributed by atoms with van der Waals surface area (Å²) in [5, 5.41) is 12.7. The van der Waals surface area contributed by atoms with Crippen molar-refractivity contribution in [2.75, 3.05) is 0 Å². The van der Waals surface area contributed by atoms with Crippen LogP contribution in [0.4, 0.5) is 0 Å². The number of rotatable bonds is 5. The largest absolute Gasteiger partial charge is 0.489 e. The molecule has 2 aromatic rings. The number of amides is 1. The molecule has 1 aliphatic rings. The van der Waals surface area contributed by atoms with Crippen LogP contribution in [-0.4, -0.2) is 18.1 Å². The average molecular weight is 437 g/mol. The molecule has 1 fully saturated rings. The average Bonchev–Trinajstić information content (AvgIpc) is 2.69. The summed E-state index contributed by atoms with van der Waals surface area (Å²) in [6.45, 7) is 14.4. The summed E-state index contributed by atoms with van der Waals surface area (Å²) in [7, 11) is 0. The number of aryl methyl sites for hydroxylation is 2. The summed E-state index contributed by atoms with van der Waals surface area (Å²) in [6, 6.07) is 13.7. The predicted molar refractivity (Wildman–Crippen MR) is 128 cm³/mol. The van der Waals surface area contributed by atoms with Gasteiger partial charge in [-0.05, 0) is 61.7 Å². The normalized spacial score (nSPS) is 22.0. The van der Waals surface area contributed by atoms with E-state index >= 15 is 0 Å². The maximum absolute atomic E-state index is 12.9. The lowest BCUT2D eigenvalue weighted by Gasteiger charge is -2.63. The molecule has 0 aliphatic heterocycles. The molecule has 0 aromatic heterocycles. The van der Waals surface area contributed by atoms with Crippen LogP contribution >= 0.6 is 12.6 Å². The van der Waals surface area contributed by atoms with Gasteiger partial charge in [0.1, 0.15) is 11.9 Å². The van der Waals surface area contributed by atoms with Crippen molar-refractivity contribution in [3.05, 3.63) is 64.2 Å². The van der Waals surface area contributed by atoms with Gasteiger partial charge >= 0.3 is 0 Å². The topological polar surface area (TPSA) is 62.1 Å². The Hall–Kier alpha value is -2.45. The first-order valence-corrected chi connectivity index (χ1v) is 11.2. The smallest absolute Gasteiger partial charge is 0.251 e. The molecular weight excluding hydrogens is 404 g/mol. The van der Waals surface area contributed by atoms with Gasteiger partial charge in [0.05, 0.1) is 11.6 Å². The Bertz CT molecular complexity index is 993. The van der Waals surface area contributed by atoms with Crippen LogP contribution < -0.4 is 10.1 Å². The van der Waals surface area contributed by atoms with E-state index in [2.05, 4.69) is 51.7 Å². The van der Waals surface area contributed by atoms with Crippen molar-refractivity contribution in [3.63, 3.8) is 0 Å².